The Labute approximate surface area is 271 Å². The molecule has 2 amide bonds. The van der Waals surface area contributed by atoms with E-state index in [0.29, 0.717) is 6.54 Å². The SMILES string of the molecule is CCNC(=O)C(Cc1ccccc1)N(Cc1cccc(Br)c1)C(=O)CN(c1cc(Cl)ccc1OC)S(=O)(=O)c1ccccc1. The van der Waals surface area contributed by atoms with Crippen LogP contribution in [0.2, 0.25) is 5.02 Å². The van der Waals surface area contributed by atoms with Crippen molar-refractivity contribution in [3.05, 3.63) is 124 Å². The van der Waals surface area contributed by atoms with Crippen LogP contribution in [0.1, 0.15) is 18.1 Å². The molecule has 0 aliphatic rings. The van der Waals surface area contributed by atoms with Gasteiger partial charge in [0.1, 0.15) is 18.3 Å². The van der Waals surface area contributed by atoms with Crippen LogP contribution in [0.5, 0.6) is 5.75 Å². The van der Waals surface area contributed by atoms with Crippen LogP contribution in [0.25, 0.3) is 0 Å². The fraction of sp³-hybridized carbons (Fsp3) is 0.212. The van der Waals surface area contributed by atoms with Crippen LogP contribution >= 0.6 is 27.5 Å². The summed E-state index contributed by atoms with van der Waals surface area (Å²) in [6.07, 6.45) is 0.221. The summed E-state index contributed by atoms with van der Waals surface area (Å²) in [5.41, 5.74) is 1.70. The molecule has 0 heterocycles. The van der Waals surface area contributed by atoms with Gasteiger partial charge >= 0.3 is 0 Å². The molecule has 0 spiro atoms. The molecule has 44 heavy (non-hydrogen) atoms. The van der Waals surface area contributed by atoms with Crippen LogP contribution < -0.4 is 14.4 Å². The standard InChI is InChI=1S/C33H33BrClN3O5S/c1-3-36-33(40)30(20-24-11-6-4-7-12-24)37(22-25-13-10-14-26(34)19-25)32(39)23-38(29-21-27(35)17-18-31(29)43-2)44(41,42)28-15-8-5-9-16-28/h4-19,21,30H,3,20,22-23H2,1-2H3,(H,36,40). The quantitative estimate of drug-likeness (QED) is 0.183. The Morgan fingerprint density at radius 3 is 2.20 bits per heavy atom. The Bertz CT molecular complexity index is 1690. The average Bonchev–Trinajstić information content (AvgIpc) is 3.02. The zero-order valence-electron chi connectivity index (χ0n) is 24.3. The van der Waals surface area contributed by atoms with E-state index in [1.54, 1.807) is 37.3 Å². The number of methoxy groups -OCH3 is 1. The number of anilines is 1. The van der Waals surface area contributed by atoms with Gasteiger partial charge in [0.2, 0.25) is 11.8 Å². The summed E-state index contributed by atoms with van der Waals surface area (Å²) in [5.74, 6) is -0.721. The summed E-state index contributed by atoms with van der Waals surface area (Å²) in [4.78, 5) is 29.5. The predicted octanol–water partition coefficient (Wildman–Crippen LogP) is 6.08. The minimum absolute atomic E-state index is 0.0158. The second-order valence-corrected chi connectivity index (χ2v) is 13.1. The molecule has 0 saturated heterocycles. The number of amides is 2. The Morgan fingerprint density at radius 1 is 0.909 bits per heavy atom. The van der Waals surface area contributed by atoms with Crippen molar-refractivity contribution < 1.29 is 22.7 Å². The summed E-state index contributed by atoms with van der Waals surface area (Å²) in [7, 11) is -2.88. The molecule has 1 N–H and O–H groups in total. The van der Waals surface area contributed by atoms with E-state index in [4.69, 9.17) is 16.3 Å². The molecule has 1 atom stereocenters. The van der Waals surface area contributed by atoms with Gasteiger partial charge in [-0.05, 0) is 60.5 Å². The number of carbonyl (C=O) groups is 2. The number of benzene rings is 4. The van der Waals surface area contributed by atoms with Gasteiger partial charge in [0.05, 0.1) is 17.7 Å². The first-order valence-corrected chi connectivity index (χ1v) is 16.5. The number of nitrogens with one attached hydrogen (secondary N) is 1. The van der Waals surface area contributed by atoms with E-state index < -0.39 is 28.5 Å². The first kappa shape index (κ1) is 33.0. The van der Waals surface area contributed by atoms with E-state index in [1.807, 2.05) is 54.6 Å². The van der Waals surface area contributed by atoms with Gasteiger partial charge in [-0.2, -0.15) is 0 Å². The number of halogens is 2. The number of hydrogen-bond donors (Lipinski definition) is 1. The second kappa shape index (κ2) is 15.2. The van der Waals surface area contributed by atoms with Crippen molar-refractivity contribution in [1.82, 2.24) is 10.2 Å². The Hall–Kier alpha value is -3.86. The van der Waals surface area contributed by atoms with Crippen molar-refractivity contribution in [2.75, 3.05) is 24.5 Å². The number of ether oxygens (including phenoxy) is 1. The topological polar surface area (TPSA) is 96.0 Å². The van der Waals surface area contributed by atoms with Crippen molar-refractivity contribution in [2.45, 2.75) is 30.8 Å². The van der Waals surface area contributed by atoms with Crippen molar-refractivity contribution in [2.24, 2.45) is 0 Å². The van der Waals surface area contributed by atoms with Gasteiger partial charge in [0.15, 0.2) is 0 Å². The number of carbonyl (C=O) groups excluding carboxylic acids is 2. The molecule has 0 fully saturated rings. The highest BCUT2D eigenvalue weighted by molar-refractivity contribution is 9.10. The predicted molar refractivity (Wildman–Crippen MR) is 176 cm³/mol. The van der Waals surface area contributed by atoms with Crippen molar-refractivity contribution >= 4 is 55.1 Å². The van der Waals surface area contributed by atoms with Crippen LogP contribution in [0.4, 0.5) is 5.69 Å². The number of hydrogen-bond acceptors (Lipinski definition) is 5. The van der Waals surface area contributed by atoms with Gasteiger partial charge < -0.3 is 15.0 Å². The van der Waals surface area contributed by atoms with E-state index >= 15 is 0 Å². The van der Waals surface area contributed by atoms with Gasteiger partial charge in [-0.15, -0.1) is 0 Å². The average molecular weight is 699 g/mol. The highest BCUT2D eigenvalue weighted by Crippen LogP contribution is 2.35. The summed E-state index contributed by atoms with van der Waals surface area (Å²) >= 11 is 9.81. The zero-order valence-corrected chi connectivity index (χ0v) is 27.5. The molecule has 4 aromatic carbocycles. The highest BCUT2D eigenvalue weighted by atomic mass is 79.9. The summed E-state index contributed by atoms with van der Waals surface area (Å²) < 4.78 is 35.6. The van der Waals surface area contributed by atoms with E-state index in [1.165, 1.54) is 30.2 Å². The van der Waals surface area contributed by atoms with Crippen LogP contribution in [-0.4, -0.2) is 51.4 Å². The molecule has 0 radical (unpaired) electrons. The van der Waals surface area contributed by atoms with Crippen molar-refractivity contribution in [3.8, 4) is 5.75 Å². The van der Waals surface area contributed by atoms with Crippen LogP contribution in [0.15, 0.2) is 112 Å². The highest BCUT2D eigenvalue weighted by Gasteiger charge is 2.35. The lowest BCUT2D eigenvalue weighted by Gasteiger charge is -2.34. The molecule has 0 bridgehead atoms. The monoisotopic (exact) mass is 697 g/mol. The smallest absolute Gasteiger partial charge is 0.264 e. The molecule has 0 aliphatic carbocycles. The molecule has 230 valence electrons. The molecular weight excluding hydrogens is 666 g/mol. The Morgan fingerprint density at radius 2 is 1.57 bits per heavy atom. The minimum atomic E-state index is -4.29. The Balaban J connectivity index is 1.84. The number of likely N-dealkylation sites (N-methyl/N-ethyl adjacent to an activating group) is 1. The van der Waals surface area contributed by atoms with Crippen molar-refractivity contribution in [3.63, 3.8) is 0 Å². The molecule has 0 saturated carbocycles. The third kappa shape index (κ3) is 8.19. The summed E-state index contributed by atoms with van der Waals surface area (Å²) in [6.45, 7) is 1.60. The van der Waals surface area contributed by atoms with Gasteiger partial charge in [0, 0.05) is 29.0 Å². The lowest BCUT2D eigenvalue weighted by molar-refractivity contribution is -0.140. The number of rotatable bonds is 13. The molecule has 0 aromatic heterocycles. The zero-order chi connectivity index (χ0) is 31.7. The summed E-state index contributed by atoms with van der Waals surface area (Å²) in [6, 6.07) is 28.2. The summed E-state index contributed by atoms with van der Waals surface area (Å²) in [5, 5.41) is 3.11. The van der Waals surface area contributed by atoms with E-state index in [-0.39, 0.29) is 40.2 Å². The van der Waals surface area contributed by atoms with E-state index in [2.05, 4.69) is 21.2 Å². The first-order valence-electron chi connectivity index (χ1n) is 13.9. The van der Waals surface area contributed by atoms with Crippen molar-refractivity contribution in [1.29, 1.82) is 0 Å². The largest absolute Gasteiger partial charge is 0.495 e. The third-order valence-electron chi connectivity index (χ3n) is 6.88. The first-order chi connectivity index (χ1) is 21.1. The Kier molecular flexibility index (Phi) is 11.4. The molecule has 1 unspecified atom stereocenters. The van der Waals surface area contributed by atoms with Gasteiger partial charge in [-0.25, -0.2) is 8.42 Å². The maximum absolute atomic E-state index is 14.5. The van der Waals surface area contributed by atoms with Crippen LogP contribution in [-0.2, 0) is 32.6 Å². The van der Waals surface area contributed by atoms with E-state index in [9.17, 15) is 18.0 Å². The van der Waals surface area contributed by atoms with E-state index in [0.717, 1.165) is 19.9 Å². The normalized spacial score (nSPS) is 11.8. The van der Waals surface area contributed by atoms with Crippen LogP contribution in [0.3, 0.4) is 0 Å². The molecule has 11 heteroatoms. The van der Waals surface area contributed by atoms with Gasteiger partial charge in [0.25, 0.3) is 10.0 Å². The molecule has 8 nitrogen and oxygen atoms in total. The number of sulfonamides is 1. The van der Waals surface area contributed by atoms with Gasteiger partial charge in [-0.1, -0.05) is 88.2 Å². The molecule has 4 rings (SSSR count). The molecule has 0 aliphatic heterocycles. The minimum Gasteiger partial charge on any atom is -0.495 e. The number of nitrogens with zero attached hydrogens (tertiary/aromatic N) is 2. The van der Waals surface area contributed by atoms with Crippen LogP contribution in [0, 0.1) is 0 Å². The lowest BCUT2D eigenvalue weighted by atomic mass is 10.0. The fourth-order valence-corrected chi connectivity index (χ4v) is 6.82. The molecular formula is C33H33BrClN3O5S. The lowest BCUT2D eigenvalue weighted by Crippen LogP contribution is -2.53. The third-order valence-corrected chi connectivity index (χ3v) is 9.39. The maximum Gasteiger partial charge on any atom is 0.264 e. The van der Waals surface area contributed by atoms with Gasteiger partial charge in [-0.3, -0.25) is 13.9 Å². The molecule has 4 aromatic rings. The second-order valence-electron chi connectivity index (χ2n) is 9.89. The fourth-order valence-electron chi connectivity index (χ4n) is 4.77. The maximum atomic E-state index is 14.5.